The summed E-state index contributed by atoms with van der Waals surface area (Å²) in [7, 11) is 1.62. The van der Waals surface area contributed by atoms with Crippen LogP contribution in [-0.2, 0) is 17.8 Å². The van der Waals surface area contributed by atoms with Gasteiger partial charge in [-0.1, -0.05) is 12.1 Å². The monoisotopic (exact) mass is 296 g/mol. The quantitative estimate of drug-likeness (QED) is 0.936. The number of anilines is 1. The van der Waals surface area contributed by atoms with Crippen LogP contribution in [0.25, 0.3) is 0 Å². The highest BCUT2D eigenvalue weighted by Crippen LogP contribution is 2.31. The van der Waals surface area contributed by atoms with Crippen molar-refractivity contribution in [2.45, 2.75) is 13.0 Å². The molecule has 2 N–H and O–H groups in total. The first kappa shape index (κ1) is 14.1. The molecule has 3 rings (SSSR count). The summed E-state index contributed by atoms with van der Waals surface area (Å²) < 4.78 is 5.13. The number of carbonyl (C=O) groups is 2. The Bertz CT molecular complexity index is 738. The van der Waals surface area contributed by atoms with E-state index in [1.807, 2.05) is 24.3 Å². The molecule has 0 saturated carbocycles. The van der Waals surface area contributed by atoms with Crippen molar-refractivity contribution < 1.29 is 14.3 Å². The van der Waals surface area contributed by atoms with Gasteiger partial charge in [0.15, 0.2) is 0 Å². The second kappa shape index (κ2) is 5.52. The first-order valence-electron chi connectivity index (χ1n) is 6.94. The Kier molecular flexibility index (Phi) is 3.55. The number of nitrogens with two attached hydrogens (primary N) is 1. The number of nitrogens with zero attached hydrogens (tertiary/aromatic N) is 1. The minimum absolute atomic E-state index is 0.0208. The molecule has 0 fully saturated rings. The third-order valence-corrected chi connectivity index (χ3v) is 3.80. The van der Waals surface area contributed by atoms with Crippen molar-refractivity contribution in [1.82, 2.24) is 0 Å². The molecule has 0 radical (unpaired) electrons. The number of primary amides is 1. The zero-order valence-corrected chi connectivity index (χ0v) is 12.2. The molecule has 0 aliphatic carbocycles. The van der Waals surface area contributed by atoms with Crippen molar-refractivity contribution in [3.63, 3.8) is 0 Å². The van der Waals surface area contributed by atoms with E-state index < -0.39 is 5.91 Å². The summed E-state index contributed by atoms with van der Waals surface area (Å²) in [5.74, 6) is 0.319. The van der Waals surface area contributed by atoms with Crippen LogP contribution >= 0.6 is 0 Å². The highest BCUT2D eigenvalue weighted by molar-refractivity contribution is 6.03. The molecule has 1 aliphatic heterocycles. The first-order valence-corrected chi connectivity index (χ1v) is 6.94. The van der Waals surface area contributed by atoms with Gasteiger partial charge in [-0.25, -0.2) is 0 Å². The van der Waals surface area contributed by atoms with E-state index in [1.54, 1.807) is 30.2 Å². The van der Waals surface area contributed by atoms with E-state index in [1.165, 1.54) is 0 Å². The van der Waals surface area contributed by atoms with Crippen LogP contribution in [0.4, 0.5) is 5.69 Å². The van der Waals surface area contributed by atoms with Crippen LogP contribution in [0.2, 0.25) is 0 Å². The Labute approximate surface area is 128 Å². The number of hydrogen-bond acceptors (Lipinski definition) is 3. The third-order valence-electron chi connectivity index (χ3n) is 3.80. The molecule has 2 aromatic rings. The average molecular weight is 296 g/mol. The summed E-state index contributed by atoms with van der Waals surface area (Å²) in [6, 6.07) is 12.7. The number of carbonyl (C=O) groups excluding carboxylic acids is 2. The van der Waals surface area contributed by atoms with Crippen molar-refractivity contribution in [3.8, 4) is 5.75 Å². The zero-order chi connectivity index (χ0) is 15.7. The molecule has 112 valence electrons. The number of hydrogen-bond donors (Lipinski definition) is 1. The fraction of sp³-hybridized carbons (Fsp3) is 0.176. The summed E-state index contributed by atoms with van der Waals surface area (Å²) in [6.07, 6.45) is 0.298. The van der Waals surface area contributed by atoms with E-state index in [4.69, 9.17) is 10.5 Å². The minimum atomic E-state index is -0.483. The van der Waals surface area contributed by atoms with E-state index in [-0.39, 0.29) is 5.91 Å². The van der Waals surface area contributed by atoms with Crippen molar-refractivity contribution >= 4 is 17.5 Å². The zero-order valence-electron chi connectivity index (χ0n) is 12.2. The number of ether oxygens (including phenoxy) is 1. The molecule has 1 aliphatic rings. The average Bonchev–Trinajstić information content (AvgIpc) is 2.83. The molecule has 5 heteroatoms. The standard InChI is InChI=1S/C17H16N2O3/c1-22-14-5-2-11(3-6-14)10-19-15-7-4-12(17(18)21)8-13(15)9-16(19)20/h2-8H,9-10H2,1H3,(H2,18,21). The highest BCUT2D eigenvalue weighted by Gasteiger charge is 2.27. The summed E-state index contributed by atoms with van der Waals surface area (Å²) in [6.45, 7) is 0.492. The Morgan fingerprint density at radius 1 is 1.23 bits per heavy atom. The fourth-order valence-corrected chi connectivity index (χ4v) is 2.62. The lowest BCUT2D eigenvalue weighted by atomic mass is 10.1. The van der Waals surface area contributed by atoms with Crippen LogP contribution < -0.4 is 15.4 Å². The lowest BCUT2D eigenvalue weighted by molar-refractivity contribution is -0.117. The van der Waals surface area contributed by atoms with E-state index >= 15 is 0 Å². The van der Waals surface area contributed by atoms with Gasteiger partial charge in [0.2, 0.25) is 11.8 Å². The van der Waals surface area contributed by atoms with E-state index in [0.717, 1.165) is 22.6 Å². The minimum Gasteiger partial charge on any atom is -0.497 e. The molecule has 0 atom stereocenters. The van der Waals surface area contributed by atoms with Gasteiger partial charge >= 0.3 is 0 Å². The van der Waals surface area contributed by atoms with Gasteiger partial charge in [0, 0.05) is 11.3 Å². The van der Waals surface area contributed by atoms with E-state index in [0.29, 0.717) is 18.5 Å². The lowest BCUT2D eigenvalue weighted by Crippen LogP contribution is -2.25. The maximum Gasteiger partial charge on any atom is 0.248 e. The number of fused-ring (bicyclic) bond motifs is 1. The van der Waals surface area contributed by atoms with Crippen LogP contribution in [0.15, 0.2) is 42.5 Å². The molecule has 0 aromatic heterocycles. The Morgan fingerprint density at radius 3 is 2.59 bits per heavy atom. The smallest absolute Gasteiger partial charge is 0.248 e. The molecule has 5 nitrogen and oxygen atoms in total. The first-order chi connectivity index (χ1) is 10.6. The highest BCUT2D eigenvalue weighted by atomic mass is 16.5. The van der Waals surface area contributed by atoms with Crippen LogP contribution in [-0.4, -0.2) is 18.9 Å². The Balaban J connectivity index is 1.86. The summed E-state index contributed by atoms with van der Waals surface area (Å²) >= 11 is 0. The normalized spacial score (nSPS) is 13.1. The summed E-state index contributed by atoms with van der Waals surface area (Å²) in [5, 5.41) is 0. The molecule has 2 amide bonds. The number of amides is 2. The fourth-order valence-electron chi connectivity index (χ4n) is 2.62. The number of benzene rings is 2. The predicted molar refractivity (Wildman–Crippen MR) is 82.8 cm³/mol. The van der Waals surface area contributed by atoms with Crippen LogP contribution in [0.5, 0.6) is 5.75 Å². The second-order valence-corrected chi connectivity index (χ2v) is 5.21. The van der Waals surface area contributed by atoms with Gasteiger partial charge in [-0.2, -0.15) is 0 Å². The van der Waals surface area contributed by atoms with E-state index in [2.05, 4.69) is 0 Å². The molecular formula is C17H16N2O3. The summed E-state index contributed by atoms with van der Waals surface area (Å²) in [5.41, 5.74) is 8.40. The Morgan fingerprint density at radius 2 is 1.95 bits per heavy atom. The van der Waals surface area contributed by atoms with Gasteiger partial charge < -0.3 is 15.4 Å². The lowest BCUT2D eigenvalue weighted by Gasteiger charge is -2.18. The predicted octanol–water partition coefficient (Wildman–Crippen LogP) is 1.88. The number of rotatable bonds is 4. The second-order valence-electron chi connectivity index (χ2n) is 5.21. The maximum absolute atomic E-state index is 12.2. The van der Waals surface area contributed by atoms with Crippen LogP contribution in [0, 0.1) is 0 Å². The van der Waals surface area contributed by atoms with Gasteiger partial charge in [-0.05, 0) is 41.5 Å². The Hall–Kier alpha value is -2.82. The molecule has 22 heavy (non-hydrogen) atoms. The molecule has 2 aromatic carbocycles. The van der Waals surface area contributed by atoms with Crippen molar-refractivity contribution in [1.29, 1.82) is 0 Å². The maximum atomic E-state index is 12.2. The van der Waals surface area contributed by atoms with Crippen LogP contribution in [0.1, 0.15) is 21.5 Å². The van der Waals surface area contributed by atoms with Crippen molar-refractivity contribution in [2.24, 2.45) is 5.73 Å². The van der Waals surface area contributed by atoms with Crippen LogP contribution in [0.3, 0.4) is 0 Å². The topological polar surface area (TPSA) is 72.6 Å². The number of methoxy groups -OCH3 is 1. The van der Waals surface area contributed by atoms with Gasteiger partial charge in [-0.3, -0.25) is 9.59 Å². The van der Waals surface area contributed by atoms with E-state index in [9.17, 15) is 9.59 Å². The molecule has 0 saturated heterocycles. The summed E-state index contributed by atoms with van der Waals surface area (Å²) in [4.78, 5) is 25.2. The molecule has 0 spiro atoms. The molecule has 0 unspecified atom stereocenters. The van der Waals surface area contributed by atoms with Gasteiger partial charge in [-0.15, -0.1) is 0 Å². The molecule has 0 bridgehead atoms. The third kappa shape index (κ3) is 2.53. The van der Waals surface area contributed by atoms with Gasteiger partial charge in [0.05, 0.1) is 20.1 Å². The van der Waals surface area contributed by atoms with Crippen molar-refractivity contribution in [3.05, 3.63) is 59.2 Å². The largest absolute Gasteiger partial charge is 0.497 e. The van der Waals surface area contributed by atoms with Gasteiger partial charge in [0.1, 0.15) is 5.75 Å². The van der Waals surface area contributed by atoms with Gasteiger partial charge in [0.25, 0.3) is 0 Å². The SMILES string of the molecule is COc1ccc(CN2C(=O)Cc3cc(C(N)=O)ccc32)cc1. The molecular weight excluding hydrogens is 280 g/mol. The molecule has 1 heterocycles. The van der Waals surface area contributed by atoms with Crippen molar-refractivity contribution in [2.75, 3.05) is 12.0 Å².